The van der Waals surface area contributed by atoms with E-state index in [1.165, 1.54) is 173 Å². The molecule has 6 heteroatoms. The first kappa shape index (κ1) is 77.1. The van der Waals surface area contributed by atoms with Crippen molar-refractivity contribution in [1.29, 1.82) is 0 Å². The van der Waals surface area contributed by atoms with Crippen LogP contribution < -0.4 is 0 Å². The van der Waals surface area contributed by atoms with E-state index >= 15 is 0 Å². The van der Waals surface area contributed by atoms with Gasteiger partial charge in [0.2, 0.25) is 0 Å². The minimum absolute atomic E-state index is 0.0860. The summed E-state index contributed by atoms with van der Waals surface area (Å²) in [4.78, 5) is 38.4. The van der Waals surface area contributed by atoms with Crippen LogP contribution >= 0.6 is 0 Å². The summed E-state index contributed by atoms with van der Waals surface area (Å²) in [6.45, 7) is 6.52. The highest BCUT2D eigenvalue weighted by atomic mass is 16.6. The highest BCUT2D eigenvalue weighted by molar-refractivity contribution is 5.71. The summed E-state index contributed by atoms with van der Waals surface area (Å²) in [7, 11) is 0. The molecule has 0 amide bonds. The maximum absolute atomic E-state index is 12.9. The van der Waals surface area contributed by atoms with Crippen molar-refractivity contribution in [3.05, 3.63) is 109 Å². The number of allylic oxidation sites excluding steroid dienone is 18. The monoisotopic (exact) mass is 1120 g/mol. The number of hydrogen-bond acceptors (Lipinski definition) is 6. The van der Waals surface area contributed by atoms with E-state index in [1.54, 1.807) is 0 Å². The molecule has 0 aliphatic heterocycles. The molecule has 0 aromatic carbocycles. The molecule has 81 heavy (non-hydrogen) atoms. The topological polar surface area (TPSA) is 78.9 Å². The summed E-state index contributed by atoms with van der Waals surface area (Å²) < 4.78 is 17.0. The van der Waals surface area contributed by atoms with Gasteiger partial charge in [0.1, 0.15) is 13.2 Å². The maximum atomic E-state index is 12.9. The van der Waals surface area contributed by atoms with Crippen molar-refractivity contribution >= 4 is 17.9 Å². The van der Waals surface area contributed by atoms with Gasteiger partial charge in [-0.3, -0.25) is 14.4 Å². The molecule has 0 saturated carbocycles. The van der Waals surface area contributed by atoms with Gasteiger partial charge < -0.3 is 14.2 Å². The highest BCUT2D eigenvalue weighted by Crippen LogP contribution is 2.16. The zero-order chi connectivity index (χ0) is 58.5. The third-order valence-electron chi connectivity index (χ3n) is 14.7. The first-order chi connectivity index (χ1) is 40.0. The fourth-order valence-electron chi connectivity index (χ4n) is 9.59. The predicted octanol–water partition coefficient (Wildman–Crippen LogP) is 23.8. The lowest BCUT2D eigenvalue weighted by Gasteiger charge is -2.18. The van der Waals surface area contributed by atoms with E-state index in [9.17, 15) is 14.4 Å². The standard InChI is InChI=1S/C75H128O6/c1-4-7-10-13-16-19-22-25-28-31-33-34-35-36-37-38-39-40-41-42-43-45-47-50-53-56-59-62-65-68-74(77)80-71-72(70-79-73(76)67-64-61-58-55-52-49-46-30-27-24-21-18-15-12-9-6-3)81-75(78)69-66-63-60-57-54-51-48-44-32-29-26-23-20-17-14-11-8-5-2/h7,10,16,19,21,24-25,28-30,32-34,36-37,39-40,46,72H,4-6,8-9,11-15,17-18,20,22-23,26-27,31,35,38,41-45,47-71H2,1-3H3/b10-7-,19-16-,24-21-,28-25-,32-29-,34-33-,37-36-,40-39-,46-30-. The predicted molar refractivity (Wildman–Crippen MR) is 353 cm³/mol. The largest absolute Gasteiger partial charge is 0.462 e. The van der Waals surface area contributed by atoms with Crippen molar-refractivity contribution < 1.29 is 28.6 Å². The number of carbonyl (C=O) groups is 3. The smallest absolute Gasteiger partial charge is 0.306 e. The van der Waals surface area contributed by atoms with Crippen LogP contribution in [0.25, 0.3) is 0 Å². The SMILES string of the molecule is CC/C=C\C/C=C\C/C=C\C/C=C\C/C=C\C/C=C\CCCCCCCCCCCCC(=O)OCC(COC(=O)CCCCCCC/C=C\C/C=C\CCCCCC)OC(=O)CCCCCCCCC/C=C\CCCCCCCCC. The summed E-state index contributed by atoms with van der Waals surface area (Å²) in [6, 6.07) is 0. The first-order valence-electron chi connectivity index (χ1n) is 34.4. The molecule has 1 unspecified atom stereocenters. The van der Waals surface area contributed by atoms with E-state index in [-0.39, 0.29) is 31.1 Å². The Kier molecular flexibility index (Phi) is 65.2. The van der Waals surface area contributed by atoms with Crippen LogP contribution in [0.4, 0.5) is 0 Å². The normalized spacial score (nSPS) is 12.8. The van der Waals surface area contributed by atoms with Gasteiger partial charge in [0.15, 0.2) is 6.10 Å². The van der Waals surface area contributed by atoms with Crippen LogP contribution in [-0.4, -0.2) is 37.2 Å². The van der Waals surface area contributed by atoms with Gasteiger partial charge in [-0.05, 0) is 128 Å². The molecule has 0 saturated heterocycles. The van der Waals surface area contributed by atoms with Crippen LogP contribution in [0.5, 0.6) is 0 Å². The molecule has 0 aromatic rings. The van der Waals surface area contributed by atoms with Crippen molar-refractivity contribution in [3.8, 4) is 0 Å². The Labute approximate surface area is 501 Å². The van der Waals surface area contributed by atoms with E-state index in [0.717, 1.165) is 116 Å². The summed E-state index contributed by atoms with van der Waals surface area (Å²) in [5.74, 6) is -0.896. The number of unbranched alkanes of at least 4 members (excludes halogenated alkanes) is 33. The summed E-state index contributed by atoms with van der Waals surface area (Å²) in [5, 5.41) is 0. The van der Waals surface area contributed by atoms with E-state index in [2.05, 4.69) is 130 Å². The van der Waals surface area contributed by atoms with E-state index in [1.807, 2.05) is 0 Å². The zero-order valence-corrected chi connectivity index (χ0v) is 53.3. The average Bonchev–Trinajstić information content (AvgIpc) is 3.47. The second-order valence-electron chi connectivity index (χ2n) is 22.7. The fourth-order valence-corrected chi connectivity index (χ4v) is 9.59. The third-order valence-corrected chi connectivity index (χ3v) is 14.7. The van der Waals surface area contributed by atoms with Gasteiger partial charge in [0, 0.05) is 19.3 Å². The van der Waals surface area contributed by atoms with Crippen molar-refractivity contribution in [2.24, 2.45) is 0 Å². The van der Waals surface area contributed by atoms with Crippen LogP contribution in [0.1, 0.15) is 329 Å². The molecule has 0 radical (unpaired) electrons. The molecule has 0 rings (SSSR count). The molecular weight excluding hydrogens is 997 g/mol. The van der Waals surface area contributed by atoms with Crippen LogP contribution in [-0.2, 0) is 28.6 Å². The Balaban J connectivity index is 4.34. The molecule has 6 nitrogen and oxygen atoms in total. The van der Waals surface area contributed by atoms with Gasteiger partial charge in [-0.2, -0.15) is 0 Å². The lowest BCUT2D eigenvalue weighted by molar-refractivity contribution is -0.167. The van der Waals surface area contributed by atoms with Crippen molar-refractivity contribution in [3.63, 3.8) is 0 Å². The second kappa shape index (κ2) is 68.6. The Morgan fingerprint density at radius 1 is 0.259 bits per heavy atom. The fraction of sp³-hybridized carbons (Fsp3) is 0.720. The number of esters is 3. The van der Waals surface area contributed by atoms with Gasteiger partial charge in [0.05, 0.1) is 0 Å². The number of rotatable bonds is 62. The number of carbonyl (C=O) groups excluding carboxylic acids is 3. The molecular formula is C75H128O6. The van der Waals surface area contributed by atoms with Gasteiger partial charge in [-0.15, -0.1) is 0 Å². The van der Waals surface area contributed by atoms with E-state index in [4.69, 9.17) is 14.2 Å². The molecule has 0 bridgehead atoms. The first-order valence-corrected chi connectivity index (χ1v) is 34.4. The average molecular weight is 1130 g/mol. The maximum Gasteiger partial charge on any atom is 0.306 e. The minimum atomic E-state index is -0.791. The lowest BCUT2D eigenvalue weighted by Crippen LogP contribution is -2.30. The van der Waals surface area contributed by atoms with Gasteiger partial charge in [0.25, 0.3) is 0 Å². The Morgan fingerprint density at radius 3 is 0.778 bits per heavy atom. The second-order valence-corrected chi connectivity index (χ2v) is 22.7. The Morgan fingerprint density at radius 2 is 0.481 bits per heavy atom. The molecule has 0 aliphatic rings. The summed E-state index contributed by atoms with van der Waals surface area (Å²) in [6.07, 6.45) is 93.8. The van der Waals surface area contributed by atoms with Crippen LogP contribution in [0.15, 0.2) is 109 Å². The summed E-state index contributed by atoms with van der Waals surface area (Å²) >= 11 is 0. The van der Waals surface area contributed by atoms with Crippen LogP contribution in [0.2, 0.25) is 0 Å². The molecule has 0 aliphatic carbocycles. The van der Waals surface area contributed by atoms with Gasteiger partial charge in [-0.1, -0.05) is 291 Å². The molecule has 464 valence electrons. The quantitative estimate of drug-likeness (QED) is 0.0261. The molecule has 0 aromatic heterocycles. The van der Waals surface area contributed by atoms with E-state index < -0.39 is 6.10 Å². The molecule has 0 N–H and O–H groups in total. The van der Waals surface area contributed by atoms with Gasteiger partial charge in [-0.25, -0.2) is 0 Å². The Bertz CT molecular complexity index is 1620. The molecule has 0 heterocycles. The van der Waals surface area contributed by atoms with Crippen molar-refractivity contribution in [2.45, 2.75) is 335 Å². The number of hydrogen-bond donors (Lipinski definition) is 0. The highest BCUT2D eigenvalue weighted by Gasteiger charge is 2.19. The van der Waals surface area contributed by atoms with Crippen molar-refractivity contribution in [1.82, 2.24) is 0 Å². The van der Waals surface area contributed by atoms with Crippen molar-refractivity contribution in [2.75, 3.05) is 13.2 Å². The zero-order valence-electron chi connectivity index (χ0n) is 53.3. The summed E-state index contributed by atoms with van der Waals surface area (Å²) in [5.41, 5.74) is 0. The van der Waals surface area contributed by atoms with Gasteiger partial charge >= 0.3 is 17.9 Å². The molecule has 1 atom stereocenters. The number of ether oxygens (including phenoxy) is 3. The molecule has 0 spiro atoms. The third kappa shape index (κ3) is 66.8. The minimum Gasteiger partial charge on any atom is -0.462 e. The Hall–Kier alpha value is -3.93. The van der Waals surface area contributed by atoms with E-state index in [0.29, 0.717) is 19.3 Å². The van der Waals surface area contributed by atoms with Crippen LogP contribution in [0.3, 0.4) is 0 Å². The van der Waals surface area contributed by atoms with Crippen LogP contribution in [0, 0.1) is 0 Å². The molecule has 0 fully saturated rings. The lowest BCUT2D eigenvalue weighted by atomic mass is 10.1.